The van der Waals surface area contributed by atoms with Gasteiger partial charge in [-0.25, -0.2) is 9.78 Å². The number of carbonyl (C=O) groups is 1. The van der Waals surface area contributed by atoms with Crippen LogP contribution in [0.4, 0.5) is 0 Å². The molecule has 2 aromatic rings. The second-order valence-corrected chi connectivity index (χ2v) is 4.95. The van der Waals surface area contributed by atoms with E-state index >= 15 is 0 Å². The zero-order chi connectivity index (χ0) is 12.4. The fourth-order valence-electron chi connectivity index (χ4n) is 1.37. The molecule has 2 heterocycles. The topological polar surface area (TPSA) is 52.3 Å². The lowest BCUT2D eigenvalue weighted by Crippen LogP contribution is -2.06. The van der Waals surface area contributed by atoms with Crippen molar-refractivity contribution < 1.29 is 13.9 Å². The molecule has 6 heteroatoms. The predicted octanol–water partition coefficient (Wildman–Crippen LogP) is 3.54. The molecular formula is C11H10ClNO3S. The number of thiophene rings is 1. The molecule has 0 atom stereocenters. The minimum atomic E-state index is -0.483. The lowest BCUT2D eigenvalue weighted by atomic mass is 10.3. The summed E-state index contributed by atoms with van der Waals surface area (Å²) in [6.45, 7) is 3.73. The number of hydrogen-bond donors (Lipinski definition) is 0. The third-order valence-electron chi connectivity index (χ3n) is 2.00. The van der Waals surface area contributed by atoms with Crippen LogP contribution in [0.25, 0.3) is 10.6 Å². The van der Waals surface area contributed by atoms with Crippen molar-refractivity contribution in [2.24, 2.45) is 0 Å². The van der Waals surface area contributed by atoms with Gasteiger partial charge in [-0.3, -0.25) is 0 Å². The summed E-state index contributed by atoms with van der Waals surface area (Å²) in [6.07, 6.45) is 0. The van der Waals surface area contributed by atoms with E-state index < -0.39 is 5.97 Å². The van der Waals surface area contributed by atoms with Crippen LogP contribution >= 0.6 is 22.9 Å². The lowest BCUT2D eigenvalue weighted by molar-refractivity contribution is 0.0520. The van der Waals surface area contributed by atoms with E-state index in [-0.39, 0.29) is 5.69 Å². The highest BCUT2D eigenvalue weighted by molar-refractivity contribution is 7.19. The van der Waals surface area contributed by atoms with Gasteiger partial charge < -0.3 is 9.15 Å². The molecule has 2 aromatic heterocycles. The van der Waals surface area contributed by atoms with Crippen molar-refractivity contribution in [1.82, 2.24) is 4.98 Å². The summed E-state index contributed by atoms with van der Waals surface area (Å²) in [6, 6.07) is 3.53. The van der Waals surface area contributed by atoms with Crippen LogP contribution in [-0.4, -0.2) is 17.6 Å². The standard InChI is InChI=1S/C11H10ClNO3S/c1-3-15-11(14)9-10(16-6(2)13-9)7-4-5-8(12)17-7/h4-5H,3H2,1-2H3. The van der Waals surface area contributed by atoms with Crippen molar-refractivity contribution in [1.29, 1.82) is 0 Å². The Kier molecular flexibility index (Phi) is 3.49. The number of nitrogens with zero attached hydrogens (tertiary/aromatic N) is 1. The van der Waals surface area contributed by atoms with E-state index in [9.17, 15) is 4.79 Å². The van der Waals surface area contributed by atoms with E-state index in [4.69, 9.17) is 20.8 Å². The van der Waals surface area contributed by atoms with Gasteiger partial charge in [0.1, 0.15) is 0 Å². The molecule has 0 aromatic carbocycles. The van der Waals surface area contributed by atoms with E-state index in [2.05, 4.69) is 4.98 Å². The van der Waals surface area contributed by atoms with E-state index in [0.29, 0.717) is 22.6 Å². The molecule has 0 fully saturated rings. The fourth-order valence-corrected chi connectivity index (χ4v) is 2.39. The average molecular weight is 272 g/mol. The summed E-state index contributed by atoms with van der Waals surface area (Å²) in [7, 11) is 0. The summed E-state index contributed by atoms with van der Waals surface area (Å²) in [5.41, 5.74) is 0.197. The van der Waals surface area contributed by atoms with E-state index in [0.717, 1.165) is 4.88 Å². The van der Waals surface area contributed by atoms with Gasteiger partial charge in [-0.05, 0) is 19.1 Å². The predicted molar refractivity (Wildman–Crippen MR) is 65.5 cm³/mol. The number of ether oxygens (including phenoxy) is 1. The molecule has 2 rings (SSSR count). The number of esters is 1. The first kappa shape index (κ1) is 12.1. The molecule has 4 nitrogen and oxygen atoms in total. The highest BCUT2D eigenvalue weighted by Gasteiger charge is 2.22. The molecule has 17 heavy (non-hydrogen) atoms. The van der Waals surface area contributed by atoms with Gasteiger partial charge in [0, 0.05) is 6.92 Å². The smallest absolute Gasteiger partial charge is 0.361 e. The third-order valence-corrected chi connectivity index (χ3v) is 3.23. The Bertz CT molecular complexity index is 547. The highest BCUT2D eigenvalue weighted by Crippen LogP contribution is 2.33. The van der Waals surface area contributed by atoms with E-state index in [1.54, 1.807) is 26.0 Å². The van der Waals surface area contributed by atoms with Crippen LogP contribution in [0.1, 0.15) is 23.3 Å². The summed E-state index contributed by atoms with van der Waals surface area (Å²) in [5, 5.41) is 0. The molecule has 0 aliphatic rings. The van der Waals surface area contributed by atoms with Crippen LogP contribution in [0, 0.1) is 6.92 Å². The highest BCUT2D eigenvalue weighted by atomic mass is 35.5. The molecule has 0 N–H and O–H groups in total. The van der Waals surface area contributed by atoms with Gasteiger partial charge in [-0.1, -0.05) is 11.6 Å². The molecule has 0 bridgehead atoms. The second-order valence-electron chi connectivity index (χ2n) is 3.23. The van der Waals surface area contributed by atoms with Gasteiger partial charge in [-0.2, -0.15) is 0 Å². The van der Waals surface area contributed by atoms with Gasteiger partial charge in [0.25, 0.3) is 0 Å². The van der Waals surface area contributed by atoms with Crippen LogP contribution in [-0.2, 0) is 4.74 Å². The van der Waals surface area contributed by atoms with Gasteiger partial charge in [0.2, 0.25) is 0 Å². The number of oxazole rings is 1. The molecule has 0 spiro atoms. The molecule has 90 valence electrons. The normalized spacial score (nSPS) is 10.5. The zero-order valence-corrected chi connectivity index (χ0v) is 10.9. The first-order valence-corrected chi connectivity index (χ1v) is 6.21. The minimum absolute atomic E-state index is 0.197. The van der Waals surface area contributed by atoms with Crippen molar-refractivity contribution in [3.63, 3.8) is 0 Å². The summed E-state index contributed by atoms with van der Waals surface area (Å²) >= 11 is 7.18. The molecule has 0 saturated carbocycles. The first-order valence-electron chi connectivity index (χ1n) is 5.02. The Hall–Kier alpha value is -1.33. The number of hydrogen-bond acceptors (Lipinski definition) is 5. The lowest BCUT2D eigenvalue weighted by Gasteiger charge is -1.98. The van der Waals surface area contributed by atoms with Crippen LogP contribution in [0.15, 0.2) is 16.5 Å². The van der Waals surface area contributed by atoms with Gasteiger partial charge in [0.05, 0.1) is 15.8 Å². The zero-order valence-electron chi connectivity index (χ0n) is 9.32. The van der Waals surface area contributed by atoms with E-state index in [1.807, 2.05) is 0 Å². The Morgan fingerprint density at radius 1 is 1.59 bits per heavy atom. The summed E-state index contributed by atoms with van der Waals surface area (Å²) in [5.74, 6) is 0.356. The number of rotatable bonds is 3. The van der Waals surface area contributed by atoms with Crippen molar-refractivity contribution >= 4 is 28.9 Å². The molecule has 0 saturated heterocycles. The third kappa shape index (κ3) is 2.50. The van der Waals surface area contributed by atoms with Crippen LogP contribution in [0.2, 0.25) is 4.34 Å². The van der Waals surface area contributed by atoms with Crippen molar-refractivity contribution in [2.45, 2.75) is 13.8 Å². The largest absolute Gasteiger partial charge is 0.461 e. The Balaban J connectivity index is 2.43. The summed E-state index contributed by atoms with van der Waals surface area (Å²) < 4.78 is 11.0. The van der Waals surface area contributed by atoms with Gasteiger partial charge in [-0.15, -0.1) is 11.3 Å². The average Bonchev–Trinajstić information content (AvgIpc) is 2.84. The molecule has 0 amide bonds. The monoisotopic (exact) mass is 271 g/mol. The number of aryl methyl sites for hydroxylation is 1. The number of carbonyl (C=O) groups excluding carboxylic acids is 1. The van der Waals surface area contributed by atoms with Crippen LogP contribution in [0.3, 0.4) is 0 Å². The second kappa shape index (κ2) is 4.89. The van der Waals surface area contributed by atoms with Gasteiger partial charge in [0.15, 0.2) is 17.3 Å². The van der Waals surface area contributed by atoms with Crippen LogP contribution < -0.4 is 0 Å². The fraction of sp³-hybridized carbons (Fsp3) is 0.273. The maximum atomic E-state index is 11.7. The molecule has 0 radical (unpaired) electrons. The van der Waals surface area contributed by atoms with Crippen molar-refractivity contribution in [2.75, 3.05) is 6.61 Å². The minimum Gasteiger partial charge on any atom is -0.461 e. The molecule has 0 aliphatic carbocycles. The Morgan fingerprint density at radius 2 is 2.35 bits per heavy atom. The van der Waals surface area contributed by atoms with Crippen LogP contribution in [0.5, 0.6) is 0 Å². The van der Waals surface area contributed by atoms with Gasteiger partial charge >= 0.3 is 5.97 Å². The first-order chi connectivity index (χ1) is 8.11. The maximum Gasteiger partial charge on any atom is 0.361 e. The quantitative estimate of drug-likeness (QED) is 0.801. The maximum absolute atomic E-state index is 11.7. The number of aromatic nitrogens is 1. The SMILES string of the molecule is CCOC(=O)c1nc(C)oc1-c1ccc(Cl)s1. The Labute approximate surface area is 107 Å². The Morgan fingerprint density at radius 3 is 2.94 bits per heavy atom. The number of halogens is 1. The van der Waals surface area contributed by atoms with Crippen molar-refractivity contribution in [3.8, 4) is 10.6 Å². The van der Waals surface area contributed by atoms with Crippen molar-refractivity contribution in [3.05, 3.63) is 28.1 Å². The summed E-state index contributed by atoms with van der Waals surface area (Å²) in [4.78, 5) is 16.5. The molecule has 0 aliphatic heterocycles. The molecular weight excluding hydrogens is 262 g/mol. The molecule has 0 unspecified atom stereocenters. The van der Waals surface area contributed by atoms with E-state index in [1.165, 1.54) is 11.3 Å².